The lowest BCUT2D eigenvalue weighted by Crippen LogP contribution is -2.05. The zero-order valence-electron chi connectivity index (χ0n) is 9.12. The van der Waals surface area contributed by atoms with Gasteiger partial charge in [0.15, 0.2) is 0 Å². The number of hydrogen-bond acceptors (Lipinski definition) is 3. The molecule has 4 heteroatoms. The number of rotatable bonds is 4. The molecule has 2 nitrogen and oxygen atoms in total. The van der Waals surface area contributed by atoms with E-state index >= 15 is 0 Å². The van der Waals surface area contributed by atoms with Gasteiger partial charge in [0.25, 0.3) is 0 Å². The summed E-state index contributed by atoms with van der Waals surface area (Å²) >= 11 is 5.27. The summed E-state index contributed by atoms with van der Waals surface area (Å²) in [6.45, 7) is 0.939. The van der Waals surface area contributed by atoms with Gasteiger partial charge in [0.05, 0.1) is 6.10 Å². The highest BCUT2D eigenvalue weighted by Crippen LogP contribution is 2.29. The van der Waals surface area contributed by atoms with Crippen molar-refractivity contribution in [3.05, 3.63) is 22.7 Å². The van der Waals surface area contributed by atoms with Gasteiger partial charge in [-0.2, -0.15) is 0 Å². The maximum atomic E-state index is 5.91. The second-order valence-corrected chi connectivity index (χ2v) is 6.01. The van der Waals surface area contributed by atoms with Gasteiger partial charge in [-0.05, 0) is 37.5 Å². The van der Waals surface area contributed by atoms with Crippen LogP contribution in [0.2, 0.25) is 0 Å². The lowest BCUT2D eigenvalue weighted by Gasteiger charge is -2.09. The molecule has 1 aromatic rings. The Morgan fingerprint density at radius 1 is 1.50 bits per heavy atom. The van der Waals surface area contributed by atoms with E-state index in [4.69, 9.17) is 10.5 Å². The summed E-state index contributed by atoms with van der Waals surface area (Å²) in [6.07, 6.45) is 4.03. The topological polar surface area (TPSA) is 35.2 Å². The van der Waals surface area contributed by atoms with E-state index in [9.17, 15) is 0 Å². The highest BCUT2D eigenvalue weighted by molar-refractivity contribution is 9.10. The summed E-state index contributed by atoms with van der Waals surface area (Å²) in [4.78, 5) is 1.16. The molecular formula is C12H16BrNOS. The fourth-order valence-corrected chi connectivity index (χ4v) is 3.36. The second-order valence-electron chi connectivity index (χ2n) is 3.95. The largest absolute Gasteiger partial charge is 0.398 e. The summed E-state index contributed by atoms with van der Waals surface area (Å²) in [7, 11) is 0. The van der Waals surface area contributed by atoms with Gasteiger partial charge < -0.3 is 10.5 Å². The smallest absolute Gasteiger partial charge is 0.0584 e. The van der Waals surface area contributed by atoms with E-state index in [-0.39, 0.29) is 0 Å². The van der Waals surface area contributed by atoms with Crippen LogP contribution in [-0.2, 0) is 4.74 Å². The van der Waals surface area contributed by atoms with Crippen LogP contribution >= 0.6 is 27.7 Å². The molecule has 0 radical (unpaired) electrons. The average Bonchev–Trinajstić information content (AvgIpc) is 2.76. The van der Waals surface area contributed by atoms with E-state index in [0.717, 1.165) is 33.8 Å². The Bertz CT molecular complexity index is 353. The molecule has 0 aromatic heterocycles. The van der Waals surface area contributed by atoms with Crippen molar-refractivity contribution in [3.8, 4) is 0 Å². The second kappa shape index (κ2) is 5.94. The molecule has 0 aliphatic carbocycles. The van der Waals surface area contributed by atoms with E-state index in [1.165, 1.54) is 12.8 Å². The van der Waals surface area contributed by atoms with Gasteiger partial charge in [-0.25, -0.2) is 0 Å². The molecule has 16 heavy (non-hydrogen) atoms. The molecule has 1 heterocycles. The van der Waals surface area contributed by atoms with E-state index in [0.29, 0.717) is 6.10 Å². The lowest BCUT2D eigenvalue weighted by molar-refractivity contribution is 0.109. The monoisotopic (exact) mass is 301 g/mol. The molecule has 1 saturated heterocycles. The molecule has 1 unspecified atom stereocenters. The highest BCUT2D eigenvalue weighted by Gasteiger charge is 2.15. The first-order valence-electron chi connectivity index (χ1n) is 5.55. The van der Waals surface area contributed by atoms with Crippen LogP contribution in [0.1, 0.15) is 19.3 Å². The number of ether oxygens (including phenoxy) is 1. The fraction of sp³-hybridized carbons (Fsp3) is 0.500. The Balaban J connectivity index is 1.82. The molecule has 1 atom stereocenters. The van der Waals surface area contributed by atoms with Gasteiger partial charge in [0.2, 0.25) is 0 Å². The Morgan fingerprint density at radius 2 is 2.38 bits per heavy atom. The van der Waals surface area contributed by atoms with Gasteiger partial charge in [-0.15, -0.1) is 11.8 Å². The number of nitrogens with two attached hydrogens (primary N) is 1. The van der Waals surface area contributed by atoms with Crippen molar-refractivity contribution in [1.29, 1.82) is 0 Å². The lowest BCUT2D eigenvalue weighted by atomic mass is 10.2. The minimum Gasteiger partial charge on any atom is -0.398 e. The van der Waals surface area contributed by atoms with Crippen LogP contribution in [0.5, 0.6) is 0 Å². The third-order valence-corrected chi connectivity index (χ3v) is 4.29. The summed E-state index contributed by atoms with van der Waals surface area (Å²) in [6, 6.07) is 5.99. The van der Waals surface area contributed by atoms with Crippen molar-refractivity contribution in [2.75, 3.05) is 18.1 Å². The minimum absolute atomic E-state index is 0.473. The number of thioether (sulfide) groups is 1. The predicted octanol–water partition coefficient (Wildman–Crippen LogP) is 3.69. The molecule has 1 aromatic carbocycles. The standard InChI is InChI=1S/C12H16BrNOS/c13-9-3-4-11(14)12(8-9)16-7-5-10-2-1-6-15-10/h3-4,8,10H,1-2,5-7,14H2. The SMILES string of the molecule is Nc1ccc(Br)cc1SCCC1CCCO1. The number of anilines is 1. The minimum atomic E-state index is 0.473. The quantitative estimate of drug-likeness (QED) is 0.680. The van der Waals surface area contributed by atoms with E-state index < -0.39 is 0 Å². The molecule has 0 saturated carbocycles. The van der Waals surface area contributed by atoms with Crippen molar-refractivity contribution in [2.45, 2.75) is 30.3 Å². The maximum absolute atomic E-state index is 5.91. The number of halogens is 1. The molecule has 1 aliphatic heterocycles. The van der Waals surface area contributed by atoms with Crippen molar-refractivity contribution in [3.63, 3.8) is 0 Å². The fourth-order valence-electron chi connectivity index (χ4n) is 1.81. The van der Waals surface area contributed by atoms with Crippen molar-refractivity contribution in [1.82, 2.24) is 0 Å². The summed E-state index contributed by atoms with van der Waals surface area (Å²) in [5, 5.41) is 0. The predicted molar refractivity (Wildman–Crippen MR) is 72.9 cm³/mol. The van der Waals surface area contributed by atoms with Crippen LogP contribution < -0.4 is 5.73 Å². The van der Waals surface area contributed by atoms with Crippen LogP contribution in [0.25, 0.3) is 0 Å². The number of benzene rings is 1. The summed E-state index contributed by atoms with van der Waals surface area (Å²) in [5.74, 6) is 1.07. The van der Waals surface area contributed by atoms with Crippen molar-refractivity contribution < 1.29 is 4.74 Å². The molecule has 1 aliphatic rings. The van der Waals surface area contributed by atoms with E-state index in [1.807, 2.05) is 23.9 Å². The Hall–Kier alpha value is -0.190. The van der Waals surface area contributed by atoms with E-state index in [1.54, 1.807) is 0 Å². The average molecular weight is 302 g/mol. The van der Waals surface area contributed by atoms with Crippen LogP contribution in [0.3, 0.4) is 0 Å². The molecule has 0 amide bonds. The third kappa shape index (κ3) is 3.40. The summed E-state index contributed by atoms with van der Waals surface area (Å²) in [5.41, 5.74) is 6.77. The highest BCUT2D eigenvalue weighted by atomic mass is 79.9. The van der Waals surface area contributed by atoms with Crippen molar-refractivity contribution >= 4 is 33.4 Å². The molecule has 2 rings (SSSR count). The molecule has 1 fully saturated rings. The number of nitrogen functional groups attached to an aromatic ring is 1. The third-order valence-electron chi connectivity index (χ3n) is 2.70. The van der Waals surface area contributed by atoms with Crippen LogP contribution in [0.4, 0.5) is 5.69 Å². The molecule has 0 spiro atoms. The first-order valence-corrected chi connectivity index (χ1v) is 7.33. The van der Waals surface area contributed by atoms with Crippen molar-refractivity contribution in [2.24, 2.45) is 0 Å². The zero-order chi connectivity index (χ0) is 11.4. The zero-order valence-corrected chi connectivity index (χ0v) is 11.5. The first kappa shape index (κ1) is 12.3. The molecular weight excluding hydrogens is 286 g/mol. The van der Waals surface area contributed by atoms with Gasteiger partial charge >= 0.3 is 0 Å². The normalized spacial score (nSPS) is 20.2. The Kier molecular flexibility index (Phi) is 4.55. The van der Waals surface area contributed by atoms with Gasteiger partial charge in [-0.3, -0.25) is 0 Å². The van der Waals surface area contributed by atoms with Gasteiger partial charge in [0.1, 0.15) is 0 Å². The Labute approximate surface area is 109 Å². The first-order chi connectivity index (χ1) is 7.75. The van der Waals surface area contributed by atoms with Crippen LogP contribution in [0.15, 0.2) is 27.6 Å². The maximum Gasteiger partial charge on any atom is 0.0584 e. The van der Waals surface area contributed by atoms with Crippen LogP contribution in [-0.4, -0.2) is 18.5 Å². The summed E-state index contributed by atoms with van der Waals surface area (Å²) < 4.78 is 6.68. The molecule has 2 N–H and O–H groups in total. The van der Waals surface area contributed by atoms with E-state index in [2.05, 4.69) is 22.0 Å². The molecule has 88 valence electrons. The molecule has 0 bridgehead atoms. The Morgan fingerprint density at radius 3 is 3.12 bits per heavy atom. The van der Waals surface area contributed by atoms with Gasteiger partial charge in [0, 0.05) is 27.4 Å². The number of hydrogen-bond donors (Lipinski definition) is 1. The van der Waals surface area contributed by atoms with Crippen LogP contribution in [0, 0.1) is 0 Å². The van der Waals surface area contributed by atoms with Gasteiger partial charge in [-0.1, -0.05) is 15.9 Å².